The second kappa shape index (κ2) is 5.81. The molecule has 1 N–H and O–H groups in total. The molecule has 3 fully saturated rings. The van der Waals surface area contributed by atoms with Crippen LogP contribution in [-0.2, 0) is 4.79 Å². The van der Waals surface area contributed by atoms with Crippen LogP contribution < -0.4 is 0 Å². The normalized spacial score (nSPS) is 50.3. The Balaban J connectivity index is 1.68. The number of allylic oxidation sites excluding steroid dienone is 2. The third-order valence-corrected chi connectivity index (χ3v) is 8.89. The van der Waals surface area contributed by atoms with Crippen molar-refractivity contribution in [3.8, 4) is 0 Å². The molecule has 3 saturated carbocycles. The maximum absolute atomic E-state index is 12.9. The number of aliphatic hydroxyl groups excluding tert-OH is 1. The summed E-state index contributed by atoms with van der Waals surface area (Å²) in [7, 11) is 0. The van der Waals surface area contributed by atoms with Gasteiger partial charge in [-0.2, -0.15) is 0 Å². The van der Waals surface area contributed by atoms with Crippen LogP contribution >= 0.6 is 0 Å². The molecule has 4 rings (SSSR count). The Bertz CT molecular complexity index is 620. The number of carbonyl (C=O) groups excluding carboxylic acids is 1. The van der Waals surface area contributed by atoms with Crippen LogP contribution in [0, 0.1) is 40.4 Å². The monoisotopic (exact) mass is 342 g/mol. The molecule has 0 bridgehead atoms. The molecule has 0 spiro atoms. The summed E-state index contributed by atoms with van der Waals surface area (Å²) in [6, 6.07) is 0. The minimum atomic E-state index is -0.143. The van der Waals surface area contributed by atoms with E-state index >= 15 is 0 Å². The van der Waals surface area contributed by atoms with Gasteiger partial charge in [-0.15, -0.1) is 6.58 Å². The van der Waals surface area contributed by atoms with Gasteiger partial charge in [-0.1, -0.05) is 38.5 Å². The first-order valence-corrected chi connectivity index (χ1v) is 10.3. The van der Waals surface area contributed by atoms with E-state index in [4.69, 9.17) is 0 Å². The summed E-state index contributed by atoms with van der Waals surface area (Å²) >= 11 is 0. The van der Waals surface area contributed by atoms with Crippen LogP contribution in [0.1, 0.15) is 65.7 Å². The Morgan fingerprint density at radius 3 is 2.72 bits per heavy atom. The SMILES string of the molecule is C=C[C@@H](C)[C@H]1C(=O)C[C@H]2[C@@H]3CC=C4C[C@@H](O)CC[C@]4(C)[C@H]3CC[C@]12C. The molecular formula is C23H34O2. The summed E-state index contributed by atoms with van der Waals surface area (Å²) in [4.78, 5) is 12.9. The van der Waals surface area contributed by atoms with Gasteiger partial charge in [0.05, 0.1) is 6.10 Å². The molecule has 2 heteroatoms. The number of fused-ring (bicyclic) bond motifs is 5. The van der Waals surface area contributed by atoms with Gasteiger partial charge in [0.25, 0.3) is 0 Å². The Hall–Kier alpha value is -0.890. The molecule has 0 aromatic carbocycles. The van der Waals surface area contributed by atoms with Gasteiger partial charge in [0.1, 0.15) is 5.78 Å². The Morgan fingerprint density at radius 1 is 1.24 bits per heavy atom. The van der Waals surface area contributed by atoms with Crippen LogP contribution in [0.2, 0.25) is 0 Å². The zero-order valence-electron chi connectivity index (χ0n) is 16.1. The molecule has 138 valence electrons. The number of aliphatic hydroxyl groups is 1. The standard InChI is InChI=1S/C23H34O2/c1-5-14(2)21-20(25)13-19-17-7-6-15-12-16(24)8-10-22(15,3)18(17)9-11-23(19,21)4/h5-6,14,16-19,21,24H,1,7-13H2,2-4H3/t14-,16+,17-,18+,19+,21+,22+,23+/m1/s1. The lowest BCUT2D eigenvalue weighted by Gasteiger charge is -2.58. The number of carbonyl (C=O) groups is 1. The second-order valence-corrected chi connectivity index (χ2v) is 9.94. The lowest BCUT2D eigenvalue weighted by molar-refractivity contribution is -0.123. The fraction of sp³-hybridized carbons (Fsp3) is 0.783. The van der Waals surface area contributed by atoms with Crippen molar-refractivity contribution in [2.75, 3.05) is 0 Å². The minimum absolute atomic E-state index is 0.143. The fourth-order valence-corrected chi connectivity index (χ4v) is 7.50. The molecular weight excluding hydrogens is 308 g/mol. The molecule has 0 radical (unpaired) electrons. The van der Waals surface area contributed by atoms with Crippen molar-refractivity contribution in [1.82, 2.24) is 0 Å². The lowest BCUT2D eigenvalue weighted by atomic mass is 9.47. The number of hydrogen-bond acceptors (Lipinski definition) is 2. The molecule has 0 aliphatic heterocycles. The van der Waals surface area contributed by atoms with Gasteiger partial charge in [0.15, 0.2) is 0 Å². The van der Waals surface area contributed by atoms with Crippen LogP contribution in [0.15, 0.2) is 24.3 Å². The smallest absolute Gasteiger partial charge is 0.137 e. The van der Waals surface area contributed by atoms with Crippen molar-refractivity contribution in [3.63, 3.8) is 0 Å². The van der Waals surface area contributed by atoms with Crippen LogP contribution in [-0.4, -0.2) is 17.0 Å². The van der Waals surface area contributed by atoms with Gasteiger partial charge in [-0.05, 0) is 73.0 Å². The highest BCUT2D eigenvalue weighted by atomic mass is 16.3. The quantitative estimate of drug-likeness (QED) is 0.723. The van der Waals surface area contributed by atoms with Crippen molar-refractivity contribution in [1.29, 1.82) is 0 Å². The van der Waals surface area contributed by atoms with Crippen LogP contribution in [0.4, 0.5) is 0 Å². The van der Waals surface area contributed by atoms with Crippen molar-refractivity contribution in [3.05, 3.63) is 24.3 Å². The van der Waals surface area contributed by atoms with E-state index < -0.39 is 0 Å². The summed E-state index contributed by atoms with van der Waals surface area (Å²) in [6.45, 7) is 11.0. The van der Waals surface area contributed by atoms with Crippen LogP contribution in [0.5, 0.6) is 0 Å². The van der Waals surface area contributed by atoms with Crippen LogP contribution in [0.25, 0.3) is 0 Å². The summed E-state index contributed by atoms with van der Waals surface area (Å²) in [6.07, 6.45) is 11.5. The van der Waals surface area contributed by atoms with E-state index in [1.165, 1.54) is 18.4 Å². The zero-order chi connectivity index (χ0) is 18.0. The number of rotatable bonds is 2. The number of hydrogen-bond donors (Lipinski definition) is 1. The van der Waals surface area contributed by atoms with Gasteiger partial charge in [-0.3, -0.25) is 4.79 Å². The topological polar surface area (TPSA) is 37.3 Å². The van der Waals surface area contributed by atoms with Gasteiger partial charge in [-0.25, -0.2) is 0 Å². The Morgan fingerprint density at radius 2 is 2.00 bits per heavy atom. The summed E-state index contributed by atoms with van der Waals surface area (Å²) in [5.41, 5.74) is 1.92. The van der Waals surface area contributed by atoms with E-state index in [-0.39, 0.29) is 28.8 Å². The largest absolute Gasteiger partial charge is 0.393 e. The van der Waals surface area contributed by atoms with E-state index in [1.807, 2.05) is 6.08 Å². The molecule has 0 saturated heterocycles. The molecule has 0 unspecified atom stereocenters. The van der Waals surface area contributed by atoms with E-state index in [1.54, 1.807) is 0 Å². The van der Waals surface area contributed by atoms with Gasteiger partial charge < -0.3 is 5.11 Å². The molecule has 0 heterocycles. The highest BCUT2D eigenvalue weighted by molar-refractivity contribution is 5.85. The van der Waals surface area contributed by atoms with E-state index in [2.05, 4.69) is 33.4 Å². The van der Waals surface area contributed by atoms with Crippen molar-refractivity contribution in [2.45, 2.75) is 71.8 Å². The van der Waals surface area contributed by atoms with E-state index in [9.17, 15) is 9.90 Å². The predicted molar refractivity (Wildman–Crippen MR) is 101 cm³/mol. The van der Waals surface area contributed by atoms with Crippen molar-refractivity contribution in [2.24, 2.45) is 40.4 Å². The average Bonchev–Trinajstić information content (AvgIpc) is 2.85. The van der Waals surface area contributed by atoms with Gasteiger partial charge in [0, 0.05) is 12.3 Å². The van der Waals surface area contributed by atoms with Gasteiger partial charge >= 0.3 is 0 Å². The molecule has 2 nitrogen and oxygen atoms in total. The first-order chi connectivity index (χ1) is 11.8. The van der Waals surface area contributed by atoms with Gasteiger partial charge in [0.2, 0.25) is 0 Å². The highest BCUT2D eigenvalue weighted by Gasteiger charge is 2.61. The fourth-order valence-electron chi connectivity index (χ4n) is 7.50. The van der Waals surface area contributed by atoms with E-state index in [0.29, 0.717) is 23.5 Å². The van der Waals surface area contributed by atoms with E-state index in [0.717, 1.165) is 32.1 Å². The molecule has 8 atom stereocenters. The maximum atomic E-state index is 12.9. The first kappa shape index (κ1) is 17.5. The molecule has 0 amide bonds. The number of Topliss-reactive ketones (excluding diaryl/α,β-unsaturated/α-hetero) is 1. The lowest BCUT2D eigenvalue weighted by Crippen LogP contribution is -2.50. The summed E-state index contributed by atoms with van der Waals surface area (Å²) in [5, 5.41) is 10.1. The molecule has 0 aromatic heterocycles. The second-order valence-electron chi connectivity index (χ2n) is 9.94. The third kappa shape index (κ3) is 2.36. The van der Waals surface area contributed by atoms with Crippen molar-refractivity contribution < 1.29 is 9.90 Å². The molecule has 4 aliphatic rings. The van der Waals surface area contributed by atoms with Crippen LogP contribution in [0.3, 0.4) is 0 Å². The Kier molecular flexibility index (Phi) is 4.07. The number of ketones is 1. The maximum Gasteiger partial charge on any atom is 0.137 e. The summed E-state index contributed by atoms with van der Waals surface area (Å²) < 4.78 is 0. The first-order valence-electron chi connectivity index (χ1n) is 10.3. The zero-order valence-corrected chi connectivity index (χ0v) is 16.1. The molecule has 0 aromatic rings. The summed E-state index contributed by atoms with van der Waals surface area (Å²) in [5.74, 6) is 2.82. The highest BCUT2D eigenvalue weighted by Crippen LogP contribution is 2.66. The third-order valence-electron chi connectivity index (χ3n) is 8.89. The average molecular weight is 343 g/mol. The minimum Gasteiger partial charge on any atom is -0.393 e. The molecule has 25 heavy (non-hydrogen) atoms. The predicted octanol–water partition coefficient (Wildman–Crippen LogP) is 4.93. The van der Waals surface area contributed by atoms with Crippen molar-refractivity contribution >= 4 is 5.78 Å². The Labute approximate surface area is 152 Å². The molecule has 4 aliphatic carbocycles.